The molecule has 0 aromatic rings. The van der Waals surface area contributed by atoms with Crippen LogP contribution in [0.3, 0.4) is 0 Å². The summed E-state index contributed by atoms with van der Waals surface area (Å²) in [5.74, 6) is 4.81. The van der Waals surface area contributed by atoms with E-state index in [0.29, 0.717) is 66.1 Å². The van der Waals surface area contributed by atoms with E-state index in [-0.39, 0.29) is 6.61 Å². The minimum absolute atomic E-state index is 0.0293. The number of hydrogen-bond acceptors (Lipinski definition) is 7. The molecule has 0 saturated carbocycles. The van der Waals surface area contributed by atoms with Crippen molar-refractivity contribution in [2.45, 2.75) is 0 Å². The lowest BCUT2D eigenvalue weighted by Gasteiger charge is -2.22. The van der Waals surface area contributed by atoms with Crippen molar-refractivity contribution >= 4 is 0 Å². The fourth-order valence-electron chi connectivity index (χ4n) is 1.78. The molecule has 0 fully saturated rings. The Labute approximate surface area is 151 Å². The third-order valence-electron chi connectivity index (χ3n) is 3.01. The second kappa shape index (κ2) is 20.9. The van der Waals surface area contributed by atoms with Crippen molar-refractivity contribution < 1.29 is 28.8 Å². The highest BCUT2D eigenvalue weighted by Crippen LogP contribution is 1.92. The van der Waals surface area contributed by atoms with Crippen LogP contribution in [0.25, 0.3) is 0 Å². The molecule has 7 heteroatoms. The molecule has 0 bridgehead atoms. The Morgan fingerprint density at radius 1 is 0.600 bits per heavy atom. The van der Waals surface area contributed by atoms with Crippen LogP contribution in [0.4, 0.5) is 0 Å². The zero-order valence-electron chi connectivity index (χ0n) is 15.0. The highest BCUT2D eigenvalue weighted by atomic mass is 16.5. The van der Waals surface area contributed by atoms with Crippen molar-refractivity contribution in [2.75, 3.05) is 92.3 Å². The second-order valence-electron chi connectivity index (χ2n) is 4.92. The average molecular weight is 357 g/mol. The summed E-state index contributed by atoms with van der Waals surface area (Å²) in [7, 11) is 0. The third-order valence-corrected chi connectivity index (χ3v) is 3.01. The maximum absolute atomic E-state index is 8.73. The van der Waals surface area contributed by atoms with Crippen LogP contribution < -0.4 is 0 Å². The molecule has 0 aliphatic heterocycles. The topological polar surface area (TPSA) is 69.6 Å². The van der Waals surface area contributed by atoms with Crippen LogP contribution in [0, 0.1) is 24.7 Å². The van der Waals surface area contributed by atoms with Crippen molar-refractivity contribution in [3.8, 4) is 24.7 Å². The Balaban J connectivity index is 3.75. The second-order valence-corrected chi connectivity index (χ2v) is 4.92. The molecule has 25 heavy (non-hydrogen) atoms. The molecule has 1 N–H and O–H groups in total. The van der Waals surface area contributed by atoms with Crippen LogP contribution >= 0.6 is 0 Å². The fraction of sp³-hybridized carbons (Fsp3) is 0.778. The molecule has 0 unspecified atom stereocenters. The van der Waals surface area contributed by atoms with Gasteiger partial charge in [-0.2, -0.15) is 0 Å². The number of aliphatic hydroxyl groups excluding tert-OH is 1. The number of terminal acetylenes is 2. The van der Waals surface area contributed by atoms with Gasteiger partial charge in [0.05, 0.1) is 59.5 Å². The van der Waals surface area contributed by atoms with Crippen LogP contribution in [0.2, 0.25) is 0 Å². The maximum atomic E-state index is 8.73. The normalized spacial score (nSPS) is 10.7. The molecule has 0 amide bonds. The molecule has 0 aliphatic carbocycles. The maximum Gasteiger partial charge on any atom is 0.107 e. The molecule has 0 aliphatic rings. The predicted molar refractivity (Wildman–Crippen MR) is 95.3 cm³/mol. The summed E-state index contributed by atoms with van der Waals surface area (Å²) in [6.45, 7) is 6.99. The first-order valence-corrected chi connectivity index (χ1v) is 8.44. The van der Waals surface area contributed by atoms with Crippen LogP contribution in [0.5, 0.6) is 0 Å². The van der Waals surface area contributed by atoms with Gasteiger partial charge < -0.3 is 28.8 Å². The van der Waals surface area contributed by atoms with E-state index in [4.69, 9.17) is 41.6 Å². The molecule has 0 atom stereocenters. The van der Waals surface area contributed by atoms with Gasteiger partial charge in [0.15, 0.2) is 0 Å². The number of ether oxygens (including phenoxy) is 5. The lowest BCUT2D eigenvalue weighted by molar-refractivity contribution is 0.0208. The minimum atomic E-state index is 0.0293. The summed E-state index contributed by atoms with van der Waals surface area (Å²) in [5, 5.41) is 8.73. The number of hydrogen-bond donors (Lipinski definition) is 1. The Morgan fingerprint density at radius 3 is 1.40 bits per heavy atom. The zero-order chi connectivity index (χ0) is 18.4. The molecule has 0 heterocycles. The van der Waals surface area contributed by atoms with Crippen molar-refractivity contribution in [2.24, 2.45) is 0 Å². The summed E-state index contributed by atoms with van der Waals surface area (Å²) < 4.78 is 26.6. The summed E-state index contributed by atoms with van der Waals surface area (Å²) in [6.07, 6.45) is 10.2. The predicted octanol–water partition coefficient (Wildman–Crippen LogP) is -0.370. The van der Waals surface area contributed by atoms with Crippen molar-refractivity contribution in [3.05, 3.63) is 0 Å². The average Bonchev–Trinajstić information content (AvgIpc) is 2.63. The highest BCUT2D eigenvalue weighted by Gasteiger charge is 2.05. The van der Waals surface area contributed by atoms with Gasteiger partial charge in [0.25, 0.3) is 0 Å². The first-order chi connectivity index (χ1) is 12.3. The summed E-state index contributed by atoms with van der Waals surface area (Å²) >= 11 is 0. The van der Waals surface area contributed by atoms with Gasteiger partial charge in [-0.15, -0.1) is 12.8 Å². The first-order valence-electron chi connectivity index (χ1n) is 8.44. The molecular formula is C18H31NO6. The van der Waals surface area contributed by atoms with Gasteiger partial charge >= 0.3 is 0 Å². The third kappa shape index (κ3) is 19.0. The van der Waals surface area contributed by atoms with Gasteiger partial charge in [-0.25, -0.2) is 0 Å². The van der Waals surface area contributed by atoms with Gasteiger partial charge in [0, 0.05) is 19.6 Å². The summed E-state index contributed by atoms with van der Waals surface area (Å²) in [6, 6.07) is 0. The van der Waals surface area contributed by atoms with E-state index in [1.165, 1.54) is 0 Å². The molecule has 0 aromatic heterocycles. The van der Waals surface area contributed by atoms with E-state index in [1.54, 1.807) is 0 Å². The quantitative estimate of drug-likeness (QED) is 0.250. The van der Waals surface area contributed by atoms with Gasteiger partial charge in [-0.3, -0.25) is 4.90 Å². The number of rotatable bonds is 19. The van der Waals surface area contributed by atoms with Crippen molar-refractivity contribution in [1.29, 1.82) is 0 Å². The molecule has 0 spiro atoms. The zero-order valence-corrected chi connectivity index (χ0v) is 15.0. The van der Waals surface area contributed by atoms with Gasteiger partial charge in [-0.1, -0.05) is 11.8 Å². The van der Waals surface area contributed by atoms with E-state index in [9.17, 15) is 0 Å². The van der Waals surface area contributed by atoms with Crippen LogP contribution in [-0.4, -0.2) is 102 Å². The van der Waals surface area contributed by atoms with Gasteiger partial charge in [0.1, 0.15) is 13.2 Å². The van der Waals surface area contributed by atoms with E-state index in [2.05, 4.69) is 16.7 Å². The largest absolute Gasteiger partial charge is 0.394 e. The van der Waals surface area contributed by atoms with Crippen LogP contribution in [-0.2, 0) is 23.7 Å². The van der Waals surface area contributed by atoms with Crippen molar-refractivity contribution in [3.63, 3.8) is 0 Å². The minimum Gasteiger partial charge on any atom is -0.394 e. The van der Waals surface area contributed by atoms with Gasteiger partial charge in [0.2, 0.25) is 0 Å². The molecule has 0 aromatic carbocycles. The first kappa shape index (κ1) is 23.8. The van der Waals surface area contributed by atoms with Crippen molar-refractivity contribution in [1.82, 2.24) is 4.90 Å². The smallest absolute Gasteiger partial charge is 0.107 e. The van der Waals surface area contributed by atoms with E-state index >= 15 is 0 Å². The lowest BCUT2D eigenvalue weighted by atomic mass is 10.4. The molecule has 0 saturated heterocycles. The summed E-state index contributed by atoms with van der Waals surface area (Å²) in [5.41, 5.74) is 0. The standard InChI is InChI=1S/C18H31NO6/c1-3-9-21-15-17-24-12-6-19(5-11-23-14-8-20)7-13-25-18-16-22-10-4-2/h1-2,20H,5-18H2. The van der Waals surface area contributed by atoms with E-state index in [1.807, 2.05) is 0 Å². The molecular weight excluding hydrogens is 326 g/mol. The monoisotopic (exact) mass is 357 g/mol. The Kier molecular flexibility index (Phi) is 19.9. The fourth-order valence-corrected chi connectivity index (χ4v) is 1.78. The lowest BCUT2D eigenvalue weighted by Crippen LogP contribution is -2.34. The summed E-state index contributed by atoms with van der Waals surface area (Å²) in [4.78, 5) is 2.18. The Bertz CT molecular complexity index is 324. The van der Waals surface area contributed by atoms with Crippen LogP contribution in [0.15, 0.2) is 0 Å². The molecule has 0 radical (unpaired) electrons. The van der Waals surface area contributed by atoms with Crippen LogP contribution in [0.1, 0.15) is 0 Å². The Hall–Kier alpha value is -1.16. The number of aliphatic hydroxyl groups is 1. The Morgan fingerprint density at radius 2 is 1.00 bits per heavy atom. The molecule has 144 valence electrons. The highest BCUT2D eigenvalue weighted by molar-refractivity contribution is 4.83. The van der Waals surface area contributed by atoms with E-state index in [0.717, 1.165) is 19.6 Å². The van der Waals surface area contributed by atoms with Gasteiger partial charge in [-0.05, 0) is 0 Å². The molecule has 7 nitrogen and oxygen atoms in total. The molecule has 0 rings (SSSR count). The van der Waals surface area contributed by atoms with E-state index < -0.39 is 0 Å². The number of nitrogens with zero attached hydrogens (tertiary/aromatic N) is 1. The SMILES string of the molecule is C#CCOCCOCCN(CCOCCO)CCOCCOCC#C.